The molecule has 0 bridgehead atoms. The molecule has 1 aromatic heterocycles. The second-order valence-corrected chi connectivity index (χ2v) is 5.02. The Hall–Kier alpha value is -2.03. The molecule has 3 nitrogen and oxygen atoms in total. The lowest BCUT2D eigenvalue weighted by Gasteiger charge is -2.19. The fraction of sp³-hybridized carbons (Fsp3) is 0.389. The van der Waals surface area contributed by atoms with Crippen LogP contribution in [0.15, 0.2) is 42.6 Å². The third kappa shape index (κ3) is 4.22. The van der Waals surface area contributed by atoms with Gasteiger partial charge in [0.2, 0.25) is 5.88 Å². The van der Waals surface area contributed by atoms with E-state index in [1.54, 1.807) is 0 Å². The van der Waals surface area contributed by atoms with E-state index in [4.69, 9.17) is 4.74 Å². The Bertz CT molecular complexity index is 534. The first-order chi connectivity index (χ1) is 10.3. The van der Waals surface area contributed by atoms with E-state index in [-0.39, 0.29) is 0 Å². The largest absolute Gasteiger partial charge is 0.478 e. The van der Waals surface area contributed by atoms with Gasteiger partial charge in [-0.05, 0) is 37.0 Å². The maximum atomic E-state index is 5.36. The summed E-state index contributed by atoms with van der Waals surface area (Å²) in [6.07, 6.45) is 3.93. The molecular formula is C18H24N2O. The minimum atomic E-state index is 0.302. The summed E-state index contributed by atoms with van der Waals surface area (Å²) in [4.78, 5) is 4.29. The summed E-state index contributed by atoms with van der Waals surface area (Å²) >= 11 is 0. The molecule has 1 unspecified atom stereocenters. The first kappa shape index (κ1) is 15.4. The highest BCUT2D eigenvalue weighted by Crippen LogP contribution is 2.23. The van der Waals surface area contributed by atoms with Crippen molar-refractivity contribution in [1.82, 2.24) is 4.98 Å². The van der Waals surface area contributed by atoms with Crippen LogP contribution in [0.25, 0.3) is 0 Å². The van der Waals surface area contributed by atoms with Gasteiger partial charge in [-0.25, -0.2) is 4.98 Å². The third-order valence-corrected chi connectivity index (χ3v) is 3.57. The van der Waals surface area contributed by atoms with Crippen LogP contribution >= 0.6 is 0 Å². The molecule has 0 amide bonds. The van der Waals surface area contributed by atoms with Crippen LogP contribution in [0.2, 0.25) is 0 Å². The number of nitrogens with one attached hydrogen (secondary N) is 1. The summed E-state index contributed by atoms with van der Waals surface area (Å²) in [7, 11) is 0. The van der Waals surface area contributed by atoms with E-state index in [1.165, 1.54) is 11.1 Å². The van der Waals surface area contributed by atoms with E-state index in [0.29, 0.717) is 18.5 Å². The molecule has 0 aliphatic carbocycles. The molecule has 2 aromatic rings. The number of pyridine rings is 1. The van der Waals surface area contributed by atoms with E-state index in [0.717, 1.165) is 18.5 Å². The van der Waals surface area contributed by atoms with Gasteiger partial charge >= 0.3 is 0 Å². The van der Waals surface area contributed by atoms with E-state index >= 15 is 0 Å². The highest BCUT2D eigenvalue weighted by molar-refractivity contribution is 5.45. The molecule has 0 fully saturated rings. The van der Waals surface area contributed by atoms with Gasteiger partial charge in [-0.2, -0.15) is 0 Å². The minimum absolute atomic E-state index is 0.302. The molecule has 0 saturated heterocycles. The molecule has 1 atom stereocenters. The lowest BCUT2D eigenvalue weighted by atomic mass is 10.0. The molecule has 0 spiro atoms. The molecule has 0 aliphatic rings. The number of nitrogens with zero attached hydrogens (tertiary/aromatic N) is 1. The van der Waals surface area contributed by atoms with Gasteiger partial charge in [0.05, 0.1) is 24.5 Å². The standard InChI is InChI=1S/C18H24N2O/c1-4-14-7-9-15(10-8-14)17(5-2)20-16-11-12-18(19-13-16)21-6-3/h7-13,17,20H,4-6H2,1-3H3. The van der Waals surface area contributed by atoms with E-state index in [2.05, 4.69) is 48.4 Å². The van der Waals surface area contributed by atoms with Gasteiger partial charge in [0.15, 0.2) is 0 Å². The van der Waals surface area contributed by atoms with Gasteiger partial charge in [-0.15, -0.1) is 0 Å². The van der Waals surface area contributed by atoms with Gasteiger partial charge in [-0.3, -0.25) is 0 Å². The fourth-order valence-corrected chi connectivity index (χ4v) is 2.31. The van der Waals surface area contributed by atoms with Crippen LogP contribution in [0.3, 0.4) is 0 Å². The van der Waals surface area contributed by atoms with E-state index in [1.807, 2.05) is 25.3 Å². The molecule has 1 heterocycles. The Kier molecular flexibility index (Phi) is 5.61. The number of hydrogen-bond acceptors (Lipinski definition) is 3. The van der Waals surface area contributed by atoms with E-state index in [9.17, 15) is 0 Å². The molecule has 0 radical (unpaired) electrons. The Balaban J connectivity index is 2.06. The zero-order chi connectivity index (χ0) is 15.1. The van der Waals surface area contributed by atoms with Crippen molar-refractivity contribution < 1.29 is 4.74 Å². The van der Waals surface area contributed by atoms with Crippen molar-refractivity contribution in [2.75, 3.05) is 11.9 Å². The summed E-state index contributed by atoms with van der Waals surface area (Å²) in [6, 6.07) is 13.0. The number of ether oxygens (including phenoxy) is 1. The van der Waals surface area contributed by atoms with Crippen LogP contribution in [0, 0.1) is 0 Å². The topological polar surface area (TPSA) is 34.1 Å². The zero-order valence-corrected chi connectivity index (χ0v) is 13.1. The second kappa shape index (κ2) is 7.67. The van der Waals surface area contributed by atoms with Crippen molar-refractivity contribution in [3.05, 3.63) is 53.7 Å². The maximum absolute atomic E-state index is 5.36. The Morgan fingerprint density at radius 3 is 2.33 bits per heavy atom. The maximum Gasteiger partial charge on any atom is 0.213 e. The van der Waals surface area contributed by atoms with Crippen LogP contribution in [-0.4, -0.2) is 11.6 Å². The average molecular weight is 284 g/mol. The van der Waals surface area contributed by atoms with Gasteiger partial charge in [0.1, 0.15) is 0 Å². The Morgan fingerprint density at radius 2 is 1.81 bits per heavy atom. The van der Waals surface area contributed by atoms with Crippen LogP contribution < -0.4 is 10.1 Å². The lowest BCUT2D eigenvalue weighted by Crippen LogP contribution is -2.10. The second-order valence-electron chi connectivity index (χ2n) is 5.02. The van der Waals surface area contributed by atoms with Gasteiger partial charge in [0, 0.05) is 6.07 Å². The highest BCUT2D eigenvalue weighted by atomic mass is 16.5. The molecule has 1 N–H and O–H groups in total. The molecule has 3 heteroatoms. The van der Waals surface area contributed by atoms with Crippen LogP contribution in [0.5, 0.6) is 5.88 Å². The normalized spacial score (nSPS) is 12.0. The van der Waals surface area contributed by atoms with E-state index < -0.39 is 0 Å². The number of anilines is 1. The molecule has 1 aromatic carbocycles. The number of aromatic nitrogens is 1. The van der Waals surface area contributed by atoms with Crippen LogP contribution in [0.1, 0.15) is 44.4 Å². The minimum Gasteiger partial charge on any atom is -0.478 e. The van der Waals surface area contributed by atoms with Gasteiger partial charge < -0.3 is 10.1 Å². The van der Waals surface area contributed by atoms with Crippen LogP contribution in [-0.2, 0) is 6.42 Å². The zero-order valence-electron chi connectivity index (χ0n) is 13.1. The summed E-state index contributed by atoms with van der Waals surface area (Å²) in [5.74, 6) is 0.670. The fourth-order valence-electron chi connectivity index (χ4n) is 2.31. The molecule has 21 heavy (non-hydrogen) atoms. The summed E-state index contributed by atoms with van der Waals surface area (Å²) < 4.78 is 5.36. The first-order valence-corrected chi connectivity index (χ1v) is 7.71. The van der Waals surface area contributed by atoms with Crippen molar-refractivity contribution in [1.29, 1.82) is 0 Å². The average Bonchev–Trinajstić information content (AvgIpc) is 2.54. The Morgan fingerprint density at radius 1 is 1.05 bits per heavy atom. The predicted molar refractivity (Wildman–Crippen MR) is 87.9 cm³/mol. The third-order valence-electron chi connectivity index (χ3n) is 3.57. The van der Waals surface area contributed by atoms with Crippen molar-refractivity contribution in [3.8, 4) is 5.88 Å². The predicted octanol–water partition coefficient (Wildman–Crippen LogP) is 4.61. The number of aryl methyl sites for hydroxylation is 1. The molecule has 0 saturated carbocycles. The molecule has 2 rings (SSSR count). The van der Waals surface area contributed by atoms with Crippen molar-refractivity contribution in [2.45, 2.75) is 39.7 Å². The smallest absolute Gasteiger partial charge is 0.213 e. The SMILES string of the molecule is CCOc1ccc(NC(CC)c2ccc(CC)cc2)cn1. The molecular weight excluding hydrogens is 260 g/mol. The first-order valence-electron chi connectivity index (χ1n) is 7.71. The van der Waals surface area contributed by atoms with Gasteiger partial charge in [0.25, 0.3) is 0 Å². The van der Waals surface area contributed by atoms with Crippen LogP contribution in [0.4, 0.5) is 5.69 Å². The quantitative estimate of drug-likeness (QED) is 0.806. The summed E-state index contributed by atoms with van der Waals surface area (Å²) in [6.45, 7) is 6.96. The summed E-state index contributed by atoms with van der Waals surface area (Å²) in [5, 5.41) is 3.53. The number of benzene rings is 1. The monoisotopic (exact) mass is 284 g/mol. The van der Waals surface area contributed by atoms with Crippen molar-refractivity contribution >= 4 is 5.69 Å². The summed E-state index contributed by atoms with van der Waals surface area (Å²) in [5.41, 5.74) is 3.70. The van der Waals surface area contributed by atoms with Crippen molar-refractivity contribution in [3.63, 3.8) is 0 Å². The van der Waals surface area contributed by atoms with Gasteiger partial charge in [-0.1, -0.05) is 38.1 Å². The molecule has 112 valence electrons. The number of rotatable bonds is 7. The lowest BCUT2D eigenvalue weighted by molar-refractivity contribution is 0.327. The highest BCUT2D eigenvalue weighted by Gasteiger charge is 2.09. The van der Waals surface area contributed by atoms with Crippen molar-refractivity contribution in [2.24, 2.45) is 0 Å². The molecule has 0 aliphatic heterocycles. The Labute approximate surface area is 127 Å². The number of hydrogen-bond donors (Lipinski definition) is 1.